The highest BCUT2D eigenvalue weighted by Gasteiger charge is 2.40. The number of esters is 1. The number of benzene rings is 3. The van der Waals surface area contributed by atoms with E-state index in [0.717, 1.165) is 36.8 Å². The molecule has 1 N–H and O–H groups in total. The predicted molar refractivity (Wildman–Crippen MR) is 139 cm³/mol. The van der Waals surface area contributed by atoms with Gasteiger partial charge < -0.3 is 10.1 Å². The minimum Gasteiger partial charge on any atom is -0.454 e. The van der Waals surface area contributed by atoms with Crippen LogP contribution >= 0.6 is 0 Å². The van der Waals surface area contributed by atoms with Gasteiger partial charge in [0, 0.05) is 11.6 Å². The highest BCUT2D eigenvalue weighted by molar-refractivity contribution is 6.22. The Balaban J connectivity index is 1.16. The highest BCUT2D eigenvalue weighted by atomic mass is 16.5. The van der Waals surface area contributed by atoms with Crippen LogP contribution in [0.4, 0.5) is 5.69 Å². The fourth-order valence-electron chi connectivity index (χ4n) is 4.93. The molecule has 3 aromatic carbocycles. The van der Waals surface area contributed by atoms with E-state index >= 15 is 0 Å². The van der Waals surface area contributed by atoms with E-state index in [0.29, 0.717) is 11.3 Å². The first-order valence-electron chi connectivity index (χ1n) is 12.6. The van der Waals surface area contributed by atoms with E-state index in [1.165, 1.54) is 17.0 Å². The van der Waals surface area contributed by atoms with Crippen molar-refractivity contribution in [2.75, 3.05) is 11.5 Å². The van der Waals surface area contributed by atoms with Crippen LogP contribution in [0.25, 0.3) is 11.1 Å². The fourth-order valence-corrected chi connectivity index (χ4v) is 4.93. The standard InChI is InChI=1S/C30H28N2O5/c33-27(22-12-10-21(11-13-22)20-6-2-1-3-7-20)19-37-30(36)23-14-16-25(17-15-23)32-28(34)18-26(29(32)35)31-24-8-4-5-9-24/h1-3,6-7,10-17,24,26,31H,4-5,8-9,18-19H2. The summed E-state index contributed by atoms with van der Waals surface area (Å²) in [5, 5.41) is 3.32. The van der Waals surface area contributed by atoms with Crippen molar-refractivity contribution in [3.63, 3.8) is 0 Å². The minimum atomic E-state index is -0.652. The number of hydrogen-bond acceptors (Lipinski definition) is 6. The Morgan fingerprint density at radius 3 is 2.11 bits per heavy atom. The third kappa shape index (κ3) is 5.52. The van der Waals surface area contributed by atoms with Gasteiger partial charge in [0.1, 0.15) is 0 Å². The van der Waals surface area contributed by atoms with Crippen LogP contribution in [-0.4, -0.2) is 42.3 Å². The summed E-state index contributed by atoms with van der Waals surface area (Å²) in [6.07, 6.45) is 4.46. The molecule has 7 heteroatoms. The summed E-state index contributed by atoms with van der Waals surface area (Å²) < 4.78 is 5.21. The van der Waals surface area contributed by atoms with E-state index in [9.17, 15) is 19.2 Å². The van der Waals surface area contributed by atoms with Crippen LogP contribution in [0.5, 0.6) is 0 Å². The zero-order chi connectivity index (χ0) is 25.8. The van der Waals surface area contributed by atoms with E-state index in [1.54, 1.807) is 24.3 Å². The molecular weight excluding hydrogens is 468 g/mol. The molecule has 3 aromatic rings. The van der Waals surface area contributed by atoms with Crippen LogP contribution in [0.15, 0.2) is 78.9 Å². The van der Waals surface area contributed by atoms with Gasteiger partial charge in [0.25, 0.3) is 5.91 Å². The minimum absolute atomic E-state index is 0.133. The fraction of sp³-hybridized carbons (Fsp3) is 0.267. The SMILES string of the molecule is O=C(COC(=O)c1ccc(N2C(=O)CC(NC3CCCC3)C2=O)cc1)c1ccc(-c2ccccc2)cc1. The zero-order valence-corrected chi connectivity index (χ0v) is 20.4. The average Bonchev–Trinajstić information content (AvgIpc) is 3.55. The molecule has 0 spiro atoms. The van der Waals surface area contributed by atoms with Crippen molar-refractivity contribution in [2.45, 2.75) is 44.2 Å². The Kier molecular flexibility index (Phi) is 7.23. The average molecular weight is 497 g/mol. The number of nitrogens with one attached hydrogen (secondary N) is 1. The first-order chi connectivity index (χ1) is 18.0. The molecule has 2 fully saturated rings. The molecule has 188 valence electrons. The number of carbonyl (C=O) groups is 4. The Labute approximate surface area is 215 Å². The summed E-state index contributed by atoms with van der Waals surface area (Å²) in [4.78, 5) is 51.6. The third-order valence-corrected chi connectivity index (χ3v) is 6.95. The molecule has 1 saturated carbocycles. The van der Waals surface area contributed by atoms with Crippen molar-refractivity contribution in [1.29, 1.82) is 0 Å². The maximum Gasteiger partial charge on any atom is 0.338 e. The van der Waals surface area contributed by atoms with Gasteiger partial charge in [-0.2, -0.15) is 0 Å². The van der Waals surface area contributed by atoms with Gasteiger partial charge in [-0.15, -0.1) is 0 Å². The molecule has 7 nitrogen and oxygen atoms in total. The van der Waals surface area contributed by atoms with E-state index in [-0.39, 0.29) is 42.2 Å². The molecule has 0 aromatic heterocycles. The Hall–Kier alpha value is -4.10. The van der Waals surface area contributed by atoms with E-state index in [1.807, 2.05) is 42.5 Å². The highest BCUT2D eigenvalue weighted by Crippen LogP contribution is 2.26. The number of hydrogen-bond donors (Lipinski definition) is 1. The number of Topliss-reactive ketones (excluding diaryl/α,β-unsaturated/α-hetero) is 1. The molecule has 2 amide bonds. The summed E-state index contributed by atoms with van der Waals surface area (Å²) in [5.74, 6) is -1.49. The van der Waals surface area contributed by atoms with Gasteiger partial charge in [-0.3, -0.25) is 14.4 Å². The van der Waals surface area contributed by atoms with Crippen molar-refractivity contribution in [3.8, 4) is 11.1 Å². The first kappa shape index (κ1) is 24.6. The molecule has 1 aliphatic carbocycles. The van der Waals surface area contributed by atoms with Gasteiger partial charge in [0.05, 0.1) is 23.7 Å². The van der Waals surface area contributed by atoms with Crippen molar-refractivity contribution in [3.05, 3.63) is 90.0 Å². The summed E-state index contributed by atoms with van der Waals surface area (Å²) in [6, 6.07) is 22.8. The zero-order valence-electron chi connectivity index (χ0n) is 20.4. The lowest BCUT2D eigenvalue weighted by Gasteiger charge is -2.18. The van der Waals surface area contributed by atoms with Crippen molar-refractivity contribution >= 4 is 29.3 Å². The Bertz CT molecular complexity index is 1300. The topological polar surface area (TPSA) is 92.8 Å². The lowest BCUT2D eigenvalue weighted by Crippen LogP contribution is -2.42. The van der Waals surface area contributed by atoms with Gasteiger partial charge in [-0.05, 0) is 48.2 Å². The second kappa shape index (κ2) is 10.9. The van der Waals surface area contributed by atoms with Gasteiger partial charge in [0.2, 0.25) is 5.91 Å². The molecule has 5 rings (SSSR count). The normalized spacial score (nSPS) is 17.8. The molecule has 0 radical (unpaired) electrons. The molecule has 1 aliphatic heterocycles. The third-order valence-electron chi connectivity index (χ3n) is 6.95. The molecular formula is C30H28N2O5. The van der Waals surface area contributed by atoms with Gasteiger partial charge >= 0.3 is 5.97 Å². The smallest absolute Gasteiger partial charge is 0.338 e. The van der Waals surface area contributed by atoms with Crippen LogP contribution in [0, 0.1) is 0 Å². The molecule has 1 heterocycles. The molecule has 1 atom stereocenters. The Morgan fingerprint density at radius 1 is 0.811 bits per heavy atom. The molecule has 0 bridgehead atoms. The first-order valence-corrected chi connectivity index (χ1v) is 12.6. The van der Waals surface area contributed by atoms with E-state index < -0.39 is 12.0 Å². The van der Waals surface area contributed by atoms with Crippen LogP contribution in [0.3, 0.4) is 0 Å². The largest absolute Gasteiger partial charge is 0.454 e. The second-order valence-electron chi connectivity index (χ2n) is 9.46. The van der Waals surface area contributed by atoms with Crippen LogP contribution in [0.2, 0.25) is 0 Å². The van der Waals surface area contributed by atoms with Crippen LogP contribution < -0.4 is 10.2 Å². The van der Waals surface area contributed by atoms with E-state index in [4.69, 9.17) is 4.74 Å². The number of ketones is 1. The van der Waals surface area contributed by atoms with Crippen LogP contribution in [-0.2, 0) is 14.3 Å². The molecule has 1 saturated heterocycles. The van der Waals surface area contributed by atoms with Crippen molar-refractivity contribution in [2.24, 2.45) is 0 Å². The number of rotatable bonds is 8. The maximum atomic E-state index is 12.9. The molecule has 37 heavy (non-hydrogen) atoms. The molecule has 2 aliphatic rings. The number of amides is 2. The summed E-state index contributed by atoms with van der Waals surface area (Å²) in [7, 11) is 0. The van der Waals surface area contributed by atoms with Gasteiger partial charge in [-0.1, -0.05) is 67.4 Å². The number of carbonyl (C=O) groups excluding carboxylic acids is 4. The maximum absolute atomic E-state index is 12.9. The van der Waals surface area contributed by atoms with E-state index in [2.05, 4.69) is 5.32 Å². The lowest BCUT2D eigenvalue weighted by atomic mass is 10.0. The number of anilines is 1. The monoisotopic (exact) mass is 496 g/mol. The number of ether oxygens (including phenoxy) is 1. The van der Waals surface area contributed by atoms with Gasteiger partial charge in [0.15, 0.2) is 12.4 Å². The summed E-state index contributed by atoms with van der Waals surface area (Å²) in [5.41, 5.74) is 3.14. The van der Waals surface area contributed by atoms with Crippen molar-refractivity contribution in [1.82, 2.24) is 5.32 Å². The predicted octanol–water partition coefficient (Wildman–Crippen LogP) is 4.56. The van der Waals surface area contributed by atoms with Crippen molar-refractivity contribution < 1.29 is 23.9 Å². The summed E-state index contributed by atoms with van der Waals surface area (Å²) in [6.45, 7) is -0.386. The summed E-state index contributed by atoms with van der Waals surface area (Å²) >= 11 is 0. The number of imide groups is 1. The number of nitrogens with zero attached hydrogens (tertiary/aromatic N) is 1. The quantitative estimate of drug-likeness (QED) is 0.279. The Morgan fingerprint density at radius 2 is 1.43 bits per heavy atom. The molecule has 1 unspecified atom stereocenters. The second-order valence-corrected chi connectivity index (χ2v) is 9.46. The van der Waals surface area contributed by atoms with Crippen LogP contribution in [0.1, 0.15) is 52.8 Å². The lowest BCUT2D eigenvalue weighted by molar-refractivity contribution is -0.121. The van der Waals surface area contributed by atoms with Gasteiger partial charge in [-0.25, -0.2) is 9.69 Å².